The number of hydrogen-bond donors (Lipinski definition) is 0. The number of unbranched alkanes of at least 4 members (excludes halogenated alkanes) is 3. The van der Waals surface area contributed by atoms with Crippen LogP contribution >= 0.6 is 0 Å². The van der Waals surface area contributed by atoms with E-state index in [1.165, 1.54) is 0 Å². The molecule has 1 aromatic rings. The lowest BCUT2D eigenvalue weighted by Crippen LogP contribution is -2.48. The van der Waals surface area contributed by atoms with E-state index in [0.717, 1.165) is 63.3 Å². The Labute approximate surface area is 162 Å². The molecule has 1 aromatic carbocycles. The molecule has 0 saturated carbocycles. The average Bonchev–Trinajstić information content (AvgIpc) is 2.70. The third kappa shape index (κ3) is 7.12. The van der Waals surface area contributed by atoms with Crippen LogP contribution in [0, 0.1) is 0 Å². The summed E-state index contributed by atoms with van der Waals surface area (Å²) in [6.45, 7) is 5.48. The van der Waals surface area contributed by atoms with Gasteiger partial charge in [-0.3, -0.25) is 9.59 Å². The first-order valence-corrected chi connectivity index (χ1v) is 9.96. The number of benzene rings is 1. The second kappa shape index (κ2) is 11.5. The maximum absolute atomic E-state index is 12.4. The third-order valence-electron chi connectivity index (χ3n) is 4.88. The predicted molar refractivity (Wildman–Crippen MR) is 106 cm³/mol. The van der Waals surface area contributed by atoms with Crippen LogP contribution in [0.5, 0.6) is 5.75 Å². The molecule has 1 amide bonds. The highest BCUT2D eigenvalue weighted by Gasteiger charge is 2.21. The molecule has 1 aliphatic heterocycles. The van der Waals surface area contributed by atoms with Crippen molar-refractivity contribution in [3.05, 3.63) is 24.3 Å². The Balaban J connectivity index is 1.61. The topological polar surface area (TPSA) is 59.1 Å². The molecule has 6 nitrogen and oxygen atoms in total. The lowest BCUT2D eigenvalue weighted by Gasteiger charge is -2.36. The highest BCUT2D eigenvalue weighted by molar-refractivity contribution is 5.76. The van der Waals surface area contributed by atoms with Crippen molar-refractivity contribution in [2.75, 3.05) is 44.8 Å². The van der Waals surface area contributed by atoms with E-state index in [4.69, 9.17) is 9.47 Å². The minimum absolute atomic E-state index is 0.123. The molecular formula is C21H32N2O4. The predicted octanol–water partition coefficient (Wildman–Crippen LogP) is 3.25. The number of amides is 1. The van der Waals surface area contributed by atoms with E-state index in [2.05, 4.69) is 11.0 Å². The van der Waals surface area contributed by atoms with Gasteiger partial charge in [0.1, 0.15) is 5.75 Å². The second-order valence-corrected chi connectivity index (χ2v) is 6.79. The van der Waals surface area contributed by atoms with Crippen molar-refractivity contribution in [1.82, 2.24) is 4.90 Å². The van der Waals surface area contributed by atoms with Crippen molar-refractivity contribution in [1.29, 1.82) is 0 Å². The van der Waals surface area contributed by atoms with Crippen LogP contribution in [-0.4, -0.2) is 56.7 Å². The van der Waals surface area contributed by atoms with E-state index in [-0.39, 0.29) is 11.9 Å². The summed E-state index contributed by atoms with van der Waals surface area (Å²) in [6, 6.07) is 8.05. The molecule has 0 bridgehead atoms. The number of rotatable bonds is 10. The molecule has 2 rings (SSSR count). The van der Waals surface area contributed by atoms with Crippen molar-refractivity contribution in [2.45, 2.75) is 45.4 Å². The Bertz CT molecular complexity index is 598. The molecular weight excluding hydrogens is 344 g/mol. The van der Waals surface area contributed by atoms with Gasteiger partial charge in [0.05, 0.1) is 13.7 Å². The van der Waals surface area contributed by atoms with Gasteiger partial charge in [-0.2, -0.15) is 0 Å². The summed E-state index contributed by atoms with van der Waals surface area (Å²) < 4.78 is 10.2. The van der Waals surface area contributed by atoms with Crippen molar-refractivity contribution >= 4 is 17.6 Å². The summed E-state index contributed by atoms with van der Waals surface area (Å²) >= 11 is 0. The van der Waals surface area contributed by atoms with Gasteiger partial charge in [-0.1, -0.05) is 18.9 Å². The SMILES string of the molecule is CCOC(=O)CCCCCCC(=O)N1CCN(c2cccc(OC)c2)CC1. The average molecular weight is 376 g/mol. The Morgan fingerprint density at radius 3 is 2.37 bits per heavy atom. The maximum Gasteiger partial charge on any atom is 0.305 e. The smallest absolute Gasteiger partial charge is 0.305 e. The number of methoxy groups -OCH3 is 1. The highest BCUT2D eigenvalue weighted by Crippen LogP contribution is 2.22. The third-order valence-corrected chi connectivity index (χ3v) is 4.88. The Kier molecular flexibility index (Phi) is 8.95. The number of esters is 1. The van der Waals surface area contributed by atoms with Crippen LogP contribution in [0.1, 0.15) is 45.4 Å². The van der Waals surface area contributed by atoms with E-state index in [0.29, 0.717) is 19.4 Å². The van der Waals surface area contributed by atoms with Gasteiger partial charge >= 0.3 is 5.97 Å². The van der Waals surface area contributed by atoms with Crippen LogP contribution in [0.15, 0.2) is 24.3 Å². The maximum atomic E-state index is 12.4. The summed E-state index contributed by atoms with van der Waals surface area (Å²) in [5, 5.41) is 0. The molecule has 0 atom stereocenters. The monoisotopic (exact) mass is 376 g/mol. The van der Waals surface area contributed by atoms with Gasteiger partial charge in [0.15, 0.2) is 0 Å². The molecule has 0 spiro atoms. The zero-order valence-corrected chi connectivity index (χ0v) is 16.6. The first kappa shape index (κ1) is 21.1. The summed E-state index contributed by atoms with van der Waals surface area (Å²) in [6.07, 6.45) is 4.75. The zero-order valence-electron chi connectivity index (χ0n) is 16.6. The largest absolute Gasteiger partial charge is 0.497 e. The molecule has 0 aromatic heterocycles. The van der Waals surface area contributed by atoms with Crippen molar-refractivity contribution < 1.29 is 19.1 Å². The van der Waals surface area contributed by atoms with E-state index >= 15 is 0 Å². The van der Waals surface area contributed by atoms with Crippen LogP contribution in [0.3, 0.4) is 0 Å². The quantitative estimate of drug-likeness (QED) is 0.463. The van der Waals surface area contributed by atoms with E-state index in [9.17, 15) is 9.59 Å². The summed E-state index contributed by atoms with van der Waals surface area (Å²) in [4.78, 5) is 27.9. The first-order chi connectivity index (χ1) is 13.1. The van der Waals surface area contributed by atoms with Crippen LogP contribution in [0.2, 0.25) is 0 Å². The lowest BCUT2D eigenvalue weighted by atomic mass is 10.1. The molecule has 0 unspecified atom stereocenters. The number of anilines is 1. The van der Waals surface area contributed by atoms with Crippen LogP contribution in [0.4, 0.5) is 5.69 Å². The molecule has 27 heavy (non-hydrogen) atoms. The van der Waals surface area contributed by atoms with E-state index in [1.807, 2.05) is 30.0 Å². The molecule has 0 N–H and O–H groups in total. The normalized spacial score (nSPS) is 14.1. The number of ether oxygens (including phenoxy) is 2. The van der Waals surface area contributed by atoms with Gasteiger partial charge in [0, 0.05) is 50.8 Å². The second-order valence-electron chi connectivity index (χ2n) is 6.79. The van der Waals surface area contributed by atoms with Gasteiger partial charge in [-0.05, 0) is 31.9 Å². The van der Waals surface area contributed by atoms with Gasteiger partial charge in [0.2, 0.25) is 5.91 Å². The number of piperazine rings is 1. The van der Waals surface area contributed by atoms with Crippen molar-refractivity contribution in [3.8, 4) is 5.75 Å². The number of hydrogen-bond acceptors (Lipinski definition) is 5. The van der Waals surface area contributed by atoms with E-state index in [1.54, 1.807) is 7.11 Å². The fraction of sp³-hybridized carbons (Fsp3) is 0.619. The first-order valence-electron chi connectivity index (χ1n) is 9.96. The van der Waals surface area contributed by atoms with Gasteiger partial charge in [-0.25, -0.2) is 0 Å². The number of carbonyl (C=O) groups is 2. The summed E-state index contributed by atoms with van der Waals surface area (Å²) in [5.41, 5.74) is 1.14. The highest BCUT2D eigenvalue weighted by atomic mass is 16.5. The minimum atomic E-state index is -0.123. The standard InChI is InChI=1S/C21H32N2O4/c1-3-27-21(25)12-7-5-4-6-11-20(24)23-15-13-22(14-16-23)18-9-8-10-19(17-18)26-2/h8-10,17H,3-7,11-16H2,1-2H3. The number of carbonyl (C=O) groups excluding carboxylic acids is 2. The Hall–Kier alpha value is -2.24. The molecule has 0 aliphatic carbocycles. The van der Waals surface area contributed by atoms with Crippen LogP contribution in [-0.2, 0) is 14.3 Å². The molecule has 1 aliphatic rings. The molecule has 1 fully saturated rings. The lowest BCUT2D eigenvalue weighted by molar-refractivity contribution is -0.143. The minimum Gasteiger partial charge on any atom is -0.497 e. The molecule has 150 valence electrons. The Morgan fingerprint density at radius 1 is 1.00 bits per heavy atom. The van der Waals surface area contributed by atoms with Crippen LogP contribution in [0.25, 0.3) is 0 Å². The summed E-state index contributed by atoms with van der Waals surface area (Å²) in [5.74, 6) is 0.974. The fourth-order valence-electron chi connectivity index (χ4n) is 3.31. The van der Waals surface area contributed by atoms with Crippen LogP contribution < -0.4 is 9.64 Å². The molecule has 6 heteroatoms. The molecule has 0 radical (unpaired) electrons. The van der Waals surface area contributed by atoms with E-state index < -0.39 is 0 Å². The fourth-order valence-corrected chi connectivity index (χ4v) is 3.31. The summed E-state index contributed by atoms with van der Waals surface area (Å²) in [7, 11) is 1.67. The van der Waals surface area contributed by atoms with Crippen molar-refractivity contribution in [3.63, 3.8) is 0 Å². The van der Waals surface area contributed by atoms with Crippen molar-refractivity contribution in [2.24, 2.45) is 0 Å². The zero-order chi connectivity index (χ0) is 19.5. The van der Waals surface area contributed by atoms with Gasteiger partial charge < -0.3 is 19.3 Å². The molecule has 1 saturated heterocycles. The Morgan fingerprint density at radius 2 is 1.70 bits per heavy atom. The van der Waals surface area contributed by atoms with Gasteiger partial charge in [0.25, 0.3) is 0 Å². The van der Waals surface area contributed by atoms with Gasteiger partial charge in [-0.15, -0.1) is 0 Å². The number of nitrogens with zero attached hydrogens (tertiary/aromatic N) is 2. The molecule has 1 heterocycles.